The fourth-order valence-electron chi connectivity index (χ4n) is 5.79. The molecule has 2 aromatic carbocycles. The SMILES string of the molecule is C=C(C)c1cnc2ccc(-c3cc(C)cc(Cl)c3)cc2c1NC1CCC(CN2CCC(O)C2)CC1. The number of hydrogen-bond acceptors (Lipinski definition) is 4. The lowest BCUT2D eigenvalue weighted by atomic mass is 9.85. The van der Waals surface area contributed by atoms with E-state index in [1.54, 1.807) is 0 Å². The molecule has 4 nitrogen and oxygen atoms in total. The van der Waals surface area contributed by atoms with Crippen molar-refractivity contribution in [2.45, 2.75) is 58.1 Å². The van der Waals surface area contributed by atoms with Crippen LogP contribution in [0, 0.1) is 12.8 Å². The number of likely N-dealkylation sites (tertiary alicyclic amines) is 1. The van der Waals surface area contributed by atoms with Crippen molar-refractivity contribution in [3.8, 4) is 11.1 Å². The summed E-state index contributed by atoms with van der Waals surface area (Å²) in [5.74, 6) is 0.728. The Balaban J connectivity index is 1.39. The fraction of sp³-hybridized carbons (Fsp3) is 0.433. The summed E-state index contributed by atoms with van der Waals surface area (Å²) in [7, 11) is 0. The molecule has 1 unspecified atom stereocenters. The molecule has 1 aromatic heterocycles. The average Bonchev–Trinajstić information content (AvgIpc) is 3.23. The van der Waals surface area contributed by atoms with E-state index in [2.05, 4.69) is 54.9 Å². The maximum Gasteiger partial charge on any atom is 0.0723 e. The van der Waals surface area contributed by atoms with Gasteiger partial charge in [0.2, 0.25) is 0 Å². The van der Waals surface area contributed by atoms with Crippen LogP contribution >= 0.6 is 11.6 Å². The molecule has 1 aliphatic carbocycles. The Morgan fingerprint density at radius 1 is 1.11 bits per heavy atom. The third kappa shape index (κ3) is 5.55. The summed E-state index contributed by atoms with van der Waals surface area (Å²) >= 11 is 6.37. The number of rotatable bonds is 6. The highest BCUT2D eigenvalue weighted by molar-refractivity contribution is 6.31. The summed E-state index contributed by atoms with van der Waals surface area (Å²) < 4.78 is 0. The van der Waals surface area contributed by atoms with Crippen LogP contribution in [0.1, 0.15) is 50.2 Å². The molecule has 0 spiro atoms. The van der Waals surface area contributed by atoms with Crippen molar-refractivity contribution < 1.29 is 5.11 Å². The number of hydrogen-bond donors (Lipinski definition) is 2. The summed E-state index contributed by atoms with van der Waals surface area (Å²) in [4.78, 5) is 7.19. The number of allylic oxidation sites excluding steroid dienone is 1. The minimum absolute atomic E-state index is 0.130. The van der Waals surface area contributed by atoms with Gasteiger partial charge in [-0.3, -0.25) is 4.98 Å². The topological polar surface area (TPSA) is 48.4 Å². The minimum Gasteiger partial charge on any atom is -0.392 e. The summed E-state index contributed by atoms with van der Waals surface area (Å²) in [5, 5.41) is 15.6. The Labute approximate surface area is 214 Å². The number of nitrogens with one attached hydrogen (secondary N) is 1. The van der Waals surface area contributed by atoms with Gasteiger partial charge in [-0.05, 0) is 98.4 Å². The van der Waals surface area contributed by atoms with Crippen molar-refractivity contribution in [3.63, 3.8) is 0 Å². The van der Waals surface area contributed by atoms with E-state index in [9.17, 15) is 5.11 Å². The quantitative estimate of drug-likeness (QED) is 0.394. The predicted octanol–water partition coefficient (Wildman–Crippen LogP) is 6.93. The fourth-order valence-corrected chi connectivity index (χ4v) is 6.08. The number of fused-ring (bicyclic) bond motifs is 1. The molecular weight excluding hydrogens is 454 g/mol. The van der Waals surface area contributed by atoms with E-state index in [-0.39, 0.29) is 6.10 Å². The van der Waals surface area contributed by atoms with E-state index >= 15 is 0 Å². The first kappa shape index (κ1) is 24.3. The van der Waals surface area contributed by atoms with Crippen LogP contribution in [-0.2, 0) is 0 Å². The van der Waals surface area contributed by atoms with Crippen LogP contribution in [0.5, 0.6) is 0 Å². The summed E-state index contributed by atoms with van der Waals surface area (Å²) in [6.45, 7) is 11.4. The molecule has 2 N–H and O–H groups in total. The van der Waals surface area contributed by atoms with Gasteiger partial charge in [0.05, 0.1) is 17.3 Å². The Hall–Kier alpha value is -2.40. The number of benzene rings is 2. The first-order valence-corrected chi connectivity index (χ1v) is 13.3. The number of aryl methyl sites for hydroxylation is 1. The lowest BCUT2D eigenvalue weighted by molar-refractivity contribution is 0.163. The van der Waals surface area contributed by atoms with Crippen molar-refractivity contribution in [2.24, 2.45) is 5.92 Å². The number of anilines is 1. The van der Waals surface area contributed by atoms with E-state index in [1.165, 1.54) is 12.8 Å². The van der Waals surface area contributed by atoms with Crippen molar-refractivity contribution in [1.29, 1.82) is 0 Å². The smallest absolute Gasteiger partial charge is 0.0723 e. The normalized spacial score (nSPS) is 23.0. The van der Waals surface area contributed by atoms with Gasteiger partial charge in [0.15, 0.2) is 0 Å². The number of halogens is 1. The van der Waals surface area contributed by atoms with Crippen LogP contribution in [0.3, 0.4) is 0 Å². The van der Waals surface area contributed by atoms with Gasteiger partial charge in [0.25, 0.3) is 0 Å². The Morgan fingerprint density at radius 2 is 1.91 bits per heavy atom. The van der Waals surface area contributed by atoms with Gasteiger partial charge < -0.3 is 15.3 Å². The Bertz CT molecular complexity index is 1210. The molecule has 3 aromatic rings. The molecule has 5 heteroatoms. The molecule has 2 heterocycles. The molecular formula is C30H36ClN3O. The van der Waals surface area contributed by atoms with E-state index in [0.29, 0.717) is 6.04 Å². The van der Waals surface area contributed by atoms with E-state index in [4.69, 9.17) is 16.6 Å². The highest BCUT2D eigenvalue weighted by Crippen LogP contribution is 2.36. The zero-order chi connectivity index (χ0) is 24.5. The molecule has 1 saturated carbocycles. The molecule has 1 saturated heterocycles. The third-order valence-corrected chi connectivity index (χ3v) is 7.88. The molecule has 1 atom stereocenters. The highest BCUT2D eigenvalue weighted by atomic mass is 35.5. The zero-order valence-corrected chi connectivity index (χ0v) is 21.6. The first-order valence-electron chi connectivity index (χ1n) is 12.9. The van der Waals surface area contributed by atoms with E-state index < -0.39 is 0 Å². The molecule has 1 aliphatic heterocycles. The van der Waals surface area contributed by atoms with Gasteiger partial charge in [-0.15, -0.1) is 0 Å². The summed E-state index contributed by atoms with van der Waals surface area (Å²) in [6, 6.07) is 13.1. The van der Waals surface area contributed by atoms with Crippen LogP contribution < -0.4 is 5.32 Å². The van der Waals surface area contributed by atoms with Crippen LogP contribution in [0.2, 0.25) is 5.02 Å². The predicted molar refractivity (Wildman–Crippen MR) is 148 cm³/mol. The van der Waals surface area contributed by atoms with Crippen molar-refractivity contribution in [2.75, 3.05) is 25.0 Å². The maximum absolute atomic E-state index is 9.84. The number of nitrogens with zero attached hydrogens (tertiary/aromatic N) is 2. The Kier molecular flexibility index (Phi) is 7.15. The largest absolute Gasteiger partial charge is 0.392 e. The average molecular weight is 490 g/mol. The van der Waals surface area contributed by atoms with Gasteiger partial charge in [-0.1, -0.05) is 30.3 Å². The minimum atomic E-state index is -0.130. The second kappa shape index (κ2) is 10.3. The molecule has 0 bridgehead atoms. The summed E-state index contributed by atoms with van der Waals surface area (Å²) in [6.07, 6.45) is 7.52. The van der Waals surface area contributed by atoms with Crippen molar-refractivity contribution in [1.82, 2.24) is 9.88 Å². The van der Waals surface area contributed by atoms with Gasteiger partial charge in [-0.2, -0.15) is 0 Å². The maximum atomic E-state index is 9.84. The number of aliphatic hydroxyl groups excluding tert-OH is 1. The molecule has 2 fully saturated rings. The summed E-state index contributed by atoms with van der Waals surface area (Å²) in [5.41, 5.74) is 7.66. The lowest BCUT2D eigenvalue weighted by Gasteiger charge is -2.33. The Morgan fingerprint density at radius 3 is 2.60 bits per heavy atom. The molecule has 184 valence electrons. The van der Waals surface area contributed by atoms with Crippen molar-refractivity contribution >= 4 is 33.8 Å². The van der Waals surface area contributed by atoms with Crippen LogP contribution in [0.4, 0.5) is 5.69 Å². The number of pyridine rings is 1. The van der Waals surface area contributed by atoms with Crippen LogP contribution in [0.15, 0.2) is 49.2 Å². The number of β-amino-alcohol motifs (C(OH)–C–C–N with tert-alkyl or cyclic N) is 1. The molecule has 0 radical (unpaired) electrons. The van der Waals surface area contributed by atoms with Gasteiger partial charge in [0, 0.05) is 47.8 Å². The van der Waals surface area contributed by atoms with Crippen molar-refractivity contribution in [3.05, 3.63) is 65.3 Å². The molecule has 35 heavy (non-hydrogen) atoms. The zero-order valence-electron chi connectivity index (χ0n) is 20.9. The van der Waals surface area contributed by atoms with Gasteiger partial charge in [-0.25, -0.2) is 0 Å². The number of aromatic nitrogens is 1. The second-order valence-corrected chi connectivity index (χ2v) is 11.1. The molecule has 0 amide bonds. The monoisotopic (exact) mass is 489 g/mol. The van der Waals surface area contributed by atoms with Gasteiger partial charge >= 0.3 is 0 Å². The molecule has 5 rings (SSSR count). The van der Waals surface area contributed by atoms with Crippen LogP contribution in [-0.4, -0.2) is 46.8 Å². The van der Waals surface area contributed by atoms with E-state index in [1.807, 2.05) is 18.3 Å². The van der Waals surface area contributed by atoms with E-state index in [0.717, 1.165) is 94.3 Å². The standard InChI is InChI=1S/C30H36ClN3O/c1-19(2)28-16-32-29-9-6-22(23-12-20(3)13-24(31)14-23)15-27(29)30(28)33-25-7-4-21(5-8-25)17-34-11-10-26(35)18-34/h6,9,12-16,21,25-26,35H,1,4-5,7-8,10-11,17-18H2,2-3H3,(H,32,33). The lowest BCUT2D eigenvalue weighted by Crippen LogP contribution is -2.33. The number of aliphatic hydroxyl groups is 1. The van der Waals surface area contributed by atoms with Gasteiger partial charge in [0.1, 0.15) is 0 Å². The third-order valence-electron chi connectivity index (χ3n) is 7.66. The highest BCUT2D eigenvalue weighted by Gasteiger charge is 2.27. The first-order chi connectivity index (χ1) is 16.9. The molecule has 2 aliphatic rings. The second-order valence-electron chi connectivity index (χ2n) is 10.6. The van der Waals surface area contributed by atoms with Crippen LogP contribution in [0.25, 0.3) is 27.6 Å².